The van der Waals surface area contributed by atoms with Gasteiger partial charge in [0, 0.05) is 0 Å². The molecule has 0 spiro atoms. The highest BCUT2D eigenvalue weighted by Gasteiger charge is 2.20. The minimum Gasteiger partial charge on any atom is -0.453 e. The zero-order chi connectivity index (χ0) is 15.1. The molecule has 2 atom stereocenters. The van der Waals surface area contributed by atoms with Crippen LogP contribution in [0.1, 0.15) is 31.7 Å². The molecule has 20 heavy (non-hydrogen) atoms. The Morgan fingerprint density at radius 1 is 1.20 bits per heavy atom. The Hall–Kier alpha value is -2.37. The van der Waals surface area contributed by atoms with Crippen LogP contribution >= 0.6 is 0 Å². The van der Waals surface area contributed by atoms with Crippen molar-refractivity contribution in [2.75, 3.05) is 0 Å². The molecule has 0 radical (unpaired) electrons. The summed E-state index contributed by atoms with van der Waals surface area (Å²) in [5.74, 6) is -1.26. The van der Waals surface area contributed by atoms with Crippen LogP contribution in [-0.2, 0) is 14.3 Å². The number of carbonyl (C=O) groups is 3. The van der Waals surface area contributed by atoms with E-state index in [1.54, 1.807) is 0 Å². The van der Waals surface area contributed by atoms with Crippen LogP contribution in [0.3, 0.4) is 0 Å². The maximum Gasteiger partial charge on any atom is 0.318 e. The Balaban J connectivity index is 2.47. The van der Waals surface area contributed by atoms with Crippen molar-refractivity contribution in [2.24, 2.45) is 5.73 Å². The molecule has 1 aromatic carbocycles. The summed E-state index contributed by atoms with van der Waals surface area (Å²) in [5, 5.41) is 1.86. The second-order valence-corrected chi connectivity index (χ2v) is 4.50. The first-order chi connectivity index (χ1) is 9.40. The Morgan fingerprint density at radius 3 is 2.35 bits per heavy atom. The first-order valence-electron chi connectivity index (χ1n) is 6.25. The van der Waals surface area contributed by atoms with Crippen LogP contribution in [0.25, 0.3) is 0 Å². The van der Waals surface area contributed by atoms with Gasteiger partial charge in [-0.3, -0.25) is 14.9 Å². The van der Waals surface area contributed by atoms with Gasteiger partial charge in [0.1, 0.15) is 0 Å². The fourth-order valence-corrected chi connectivity index (χ4v) is 1.67. The summed E-state index contributed by atoms with van der Waals surface area (Å²) in [7, 11) is 0. The van der Waals surface area contributed by atoms with Crippen molar-refractivity contribution < 1.29 is 19.1 Å². The van der Waals surface area contributed by atoms with E-state index >= 15 is 0 Å². The summed E-state index contributed by atoms with van der Waals surface area (Å²) in [6.45, 7) is 3.27. The smallest absolute Gasteiger partial charge is 0.318 e. The number of urea groups is 1. The van der Waals surface area contributed by atoms with Gasteiger partial charge in [0.2, 0.25) is 0 Å². The summed E-state index contributed by atoms with van der Waals surface area (Å²) < 4.78 is 4.95. The molecular formula is C14H18N2O4. The molecule has 6 nitrogen and oxygen atoms in total. The van der Waals surface area contributed by atoms with E-state index in [0.29, 0.717) is 0 Å². The number of hydrogen-bond donors (Lipinski definition) is 2. The van der Waals surface area contributed by atoms with Gasteiger partial charge in [-0.2, -0.15) is 0 Å². The number of benzene rings is 1. The third kappa shape index (κ3) is 5.09. The number of nitrogens with two attached hydrogens (primary N) is 1. The topological polar surface area (TPSA) is 98.5 Å². The number of esters is 1. The number of amides is 3. The summed E-state index contributed by atoms with van der Waals surface area (Å²) in [4.78, 5) is 33.6. The van der Waals surface area contributed by atoms with Gasteiger partial charge in [-0.1, -0.05) is 37.3 Å². The molecule has 3 N–H and O–H groups in total. The lowest BCUT2D eigenvalue weighted by molar-refractivity contribution is -0.154. The predicted molar refractivity (Wildman–Crippen MR) is 72.8 cm³/mol. The van der Waals surface area contributed by atoms with Crippen LogP contribution in [0.2, 0.25) is 0 Å². The number of hydrogen-bond acceptors (Lipinski definition) is 4. The van der Waals surface area contributed by atoms with Crippen LogP contribution in [0.4, 0.5) is 4.79 Å². The molecule has 1 aromatic rings. The summed E-state index contributed by atoms with van der Waals surface area (Å²) in [6, 6.07) is 8.53. The number of primary amides is 1. The number of nitrogens with one attached hydrogen (secondary N) is 1. The molecule has 108 valence electrons. The molecule has 0 unspecified atom stereocenters. The molecule has 0 aliphatic heterocycles. The standard InChI is InChI=1S/C14H18N2O4/c1-9(11-6-4-3-5-7-11)8-12(17)20-10(2)13(18)16-14(15)19/h3-7,9-10H,8H2,1-2H3,(H3,15,16,18,19)/t9-,10+/m1/s1. The van der Waals surface area contributed by atoms with Crippen LogP contribution in [0, 0.1) is 0 Å². The highest BCUT2D eigenvalue weighted by Crippen LogP contribution is 2.19. The first kappa shape index (κ1) is 15.7. The van der Waals surface area contributed by atoms with E-state index in [4.69, 9.17) is 10.5 Å². The molecular weight excluding hydrogens is 260 g/mol. The Labute approximate surface area is 117 Å². The highest BCUT2D eigenvalue weighted by atomic mass is 16.5. The van der Waals surface area contributed by atoms with Gasteiger partial charge >= 0.3 is 12.0 Å². The van der Waals surface area contributed by atoms with Gasteiger partial charge in [0.25, 0.3) is 5.91 Å². The van der Waals surface area contributed by atoms with E-state index in [1.165, 1.54) is 6.92 Å². The third-order valence-electron chi connectivity index (χ3n) is 2.77. The zero-order valence-electron chi connectivity index (χ0n) is 11.5. The molecule has 0 saturated carbocycles. The monoisotopic (exact) mass is 278 g/mol. The molecule has 1 rings (SSSR count). The predicted octanol–water partition coefficient (Wildman–Crippen LogP) is 1.31. The summed E-state index contributed by atoms with van der Waals surface area (Å²) in [5.41, 5.74) is 5.82. The lowest BCUT2D eigenvalue weighted by Gasteiger charge is -2.15. The van der Waals surface area contributed by atoms with Crippen LogP contribution in [0.5, 0.6) is 0 Å². The number of imide groups is 1. The third-order valence-corrected chi connectivity index (χ3v) is 2.77. The fraction of sp³-hybridized carbons (Fsp3) is 0.357. The van der Waals surface area contributed by atoms with E-state index in [1.807, 2.05) is 42.6 Å². The molecule has 0 aromatic heterocycles. The number of carbonyl (C=O) groups excluding carboxylic acids is 3. The Morgan fingerprint density at radius 2 is 1.80 bits per heavy atom. The Bertz CT molecular complexity index is 487. The molecule has 0 fully saturated rings. The highest BCUT2D eigenvalue weighted by molar-refractivity contribution is 5.96. The minimum atomic E-state index is -1.06. The molecule has 0 bridgehead atoms. The van der Waals surface area contributed by atoms with Crippen molar-refractivity contribution in [2.45, 2.75) is 32.3 Å². The molecule has 0 aliphatic rings. The van der Waals surface area contributed by atoms with E-state index in [0.717, 1.165) is 5.56 Å². The lowest BCUT2D eigenvalue weighted by atomic mass is 9.98. The van der Waals surface area contributed by atoms with Gasteiger partial charge in [-0.05, 0) is 18.4 Å². The van der Waals surface area contributed by atoms with Crippen LogP contribution < -0.4 is 11.1 Å². The normalized spacial score (nSPS) is 13.1. The van der Waals surface area contributed by atoms with E-state index < -0.39 is 24.0 Å². The van der Waals surface area contributed by atoms with Gasteiger partial charge in [-0.15, -0.1) is 0 Å². The van der Waals surface area contributed by atoms with Gasteiger partial charge in [-0.25, -0.2) is 4.79 Å². The first-order valence-corrected chi connectivity index (χ1v) is 6.25. The summed E-state index contributed by atoms with van der Waals surface area (Å²) >= 11 is 0. The lowest BCUT2D eigenvalue weighted by Crippen LogP contribution is -2.42. The molecule has 6 heteroatoms. The van der Waals surface area contributed by atoms with Crippen LogP contribution in [0.15, 0.2) is 30.3 Å². The van der Waals surface area contributed by atoms with Gasteiger partial charge in [0.05, 0.1) is 6.42 Å². The average molecular weight is 278 g/mol. The Kier molecular flexibility index (Phi) is 5.71. The maximum atomic E-state index is 11.7. The van der Waals surface area contributed by atoms with Crippen molar-refractivity contribution in [3.63, 3.8) is 0 Å². The largest absolute Gasteiger partial charge is 0.453 e. The summed E-state index contributed by atoms with van der Waals surface area (Å²) in [6.07, 6.45) is -0.906. The molecule has 3 amide bonds. The second-order valence-electron chi connectivity index (χ2n) is 4.50. The van der Waals surface area contributed by atoms with Crippen molar-refractivity contribution in [3.05, 3.63) is 35.9 Å². The quantitative estimate of drug-likeness (QED) is 0.793. The SMILES string of the molecule is C[C@H](OC(=O)C[C@@H](C)c1ccccc1)C(=O)NC(N)=O. The minimum absolute atomic E-state index is 0.0184. The van der Waals surface area contributed by atoms with Crippen molar-refractivity contribution in [1.82, 2.24) is 5.32 Å². The van der Waals surface area contributed by atoms with Gasteiger partial charge < -0.3 is 10.5 Å². The second kappa shape index (κ2) is 7.28. The van der Waals surface area contributed by atoms with Crippen molar-refractivity contribution in [1.29, 1.82) is 0 Å². The maximum absolute atomic E-state index is 11.7. The van der Waals surface area contributed by atoms with Crippen molar-refractivity contribution >= 4 is 17.9 Å². The van der Waals surface area contributed by atoms with E-state index in [9.17, 15) is 14.4 Å². The number of rotatable bonds is 5. The molecule has 0 saturated heterocycles. The molecule has 0 aliphatic carbocycles. The molecule has 0 heterocycles. The zero-order valence-corrected chi connectivity index (χ0v) is 11.5. The van der Waals surface area contributed by atoms with Gasteiger partial charge in [0.15, 0.2) is 6.10 Å². The van der Waals surface area contributed by atoms with E-state index in [2.05, 4.69) is 0 Å². The van der Waals surface area contributed by atoms with Crippen molar-refractivity contribution in [3.8, 4) is 0 Å². The van der Waals surface area contributed by atoms with Crippen LogP contribution in [-0.4, -0.2) is 24.0 Å². The number of ether oxygens (including phenoxy) is 1. The van der Waals surface area contributed by atoms with E-state index in [-0.39, 0.29) is 12.3 Å². The average Bonchev–Trinajstić information content (AvgIpc) is 2.38. The fourth-order valence-electron chi connectivity index (χ4n) is 1.67.